The van der Waals surface area contributed by atoms with Crippen molar-refractivity contribution in [2.45, 2.75) is 56.7 Å². The van der Waals surface area contributed by atoms with Crippen LogP contribution >= 0.6 is 0 Å². The fraction of sp³-hybridized carbons (Fsp3) is 0.875. The molecular formula is C16H24N2O5. The Labute approximate surface area is 137 Å². The van der Waals surface area contributed by atoms with Gasteiger partial charge in [-0.1, -0.05) is 0 Å². The molecule has 0 radical (unpaired) electrons. The highest BCUT2D eigenvalue weighted by atomic mass is 16.7. The highest BCUT2D eigenvalue weighted by Crippen LogP contribution is 2.17. The Morgan fingerprint density at radius 2 is 1.83 bits per heavy atom. The molecule has 7 nitrogen and oxygen atoms in total. The third kappa shape index (κ3) is 7.74. The van der Waals surface area contributed by atoms with Crippen LogP contribution in [0, 0.1) is 22.7 Å². The minimum Gasteiger partial charge on any atom is -0.376 e. The van der Waals surface area contributed by atoms with Gasteiger partial charge in [0.2, 0.25) is 0 Å². The number of ether oxygens (including phenoxy) is 5. The molecule has 2 fully saturated rings. The monoisotopic (exact) mass is 324 g/mol. The summed E-state index contributed by atoms with van der Waals surface area (Å²) in [6, 6.07) is 4.07. The Morgan fingerprint density at radius 3 is 2.43 bits per heavy atom. The second-order valence-corrected chi connectivity index (χ2v) is 5.73. The van der Waals surface area contributed by atoms with Gasteiger partial charge in [0, 0.05) is 6.61 Å². The van der Waals surface area contributed by atoms with Crippen molar-refractivity contribution in [3.63, 3.8) is 0 Å². The molecule has 0 aromatic heterocycles. The van der Waals surface area contributed by atoms with Crippen LogP contribution in [0.25, 0.3) is 0 Å². The maximum atomic E-state index is 8.77. The van der Waals surface area contributed by atoms with E-state index >= 15 is 0 Å². The predicted octanol–water partition coefficient (Wildman–Crippen LogP) is 1.53. The minimum absolute atomic E-state index is 0.191. The highest BCUT2D eigenvalue weighted by Gasteiger charge is 2.25. The molecule has 0 amide bonds. The van der Waals surface area contributed by atoms with Crippen LogP contribution in [-0.4, -0.2) is 57.6 Å². The highest BCUT2D eigenvalue weighted by molar-refractivity contribution is 4.84. The average molecular weight is 324 g/mol. The van der Waals surface area contributed by atoms with Crippen LogP contribution in [0.2, 0.25) is 0 Å². The second kappa shape index (κ2) is 10.5. The Kier molecular flexibility index (Phi) is 8.30. The number of hydrogen-bond donors (Lipinski definition) is 0. The molecular weight excluding hydrogens is 300 g/mol. The molecule has 7 heteroatoms. The van der Waals surface area contributed by atoms with Crippen molar-refractivity contribution in [3.05, 3.63) is 0 Å². The van der Waals surface area contributed by atoms with Gasteiger partial charge in [-0.3, -0.25) is 0 Å². The van der Waals surface area contributed by atoms with Gasteiger partial charge in [0.25, 0.3) is 0 Å². The lowest BCUT2D eigenvalue weighted by Crippen LogP contribution is -2.35. The Bertz CT molecular complexity index is 394. The van der Waals surface area contributed by atoms with Gasteiger partial charge in [-0.15, -0.1) is 0 Å². The van der Waals surface area contributed by atoms with E-state index in [0.29, 0.717) is 19.8 Å². The van der Waals surface area contributed by atoms with Crippen molar-refractivity contribution in [2.24, 2.45) is 0 Å². The molecule has 2 aliphatic heterocycles. The summed E-state index contributed by atoms with van der Waals surface area (Å²) in [5.41, 5.74) is 0. The SMILES string of the molecule is N#CCC(CC#N)OCC(COCC1CO1)OC1CCCCO1. The Balaban J connectivity index is 1.75. The molecule has 3 unspecified atom stereocenters. The molecule has 2 saturated heterocycles. The third-order valence-electron chi connectivity index (χ3n) is 3.65. The van der Waals surface area contributed by atoms with E-state index in [1.807, 2.05) is 12.1 Å². The number of hydrogen-bond acceptors (Lipinski definition) is 7. The lowest BCUT2D eigenvalue weighted by Gasteiger charge is -2.28. The van der Waals surface area contributed by atoms with Crippen LogP contribution < -0.4 is 0 Å². The normalized spacial score (nSPS) is 24.8. The maximum Gasteiger partial charge on any atom is 0.158 e. The molecule has 3 atom stereocenters. The molecule has 2 rings (SSSR count). The molecule has 2 aliphatic rings. The summed E-state index contributed by atoms with van der Waals surface area (Å²) in [4.78, 5) is 0. The van der Waals surface area contributed by atoms with E-state index in [0.717, 1.165) is 25.9 Å². The van der Waals surface area contributed by atoms with Crippen LogP contribution in [0.3, 0.4) is 0 Å². The molecule has 0 spiro atoms. The summed E-state index contributed by atoms with van der Waals surface area (Å²) in [7, 11) is 0. The number of epoxide rings is 1. The van der Waals surface area contributed by atoms with Crippen LogP contribution in [0.1, 0.15) is 32.1 Å². The first-order chi connectivity index (χ1) is 11.3. The Hall–Kier alpha value is -1.22. The average Bonchev–Trinajstić information content (AvgIpc) is 3.38. The molecule has 0 bridgehead atoms. The number of nitriles is 2. The largest absolute Gasteiger partial charge is 0.376 e. The van der Waals surface area contributed by atoms with Crippen molar-refractivity contribution in [3.8, 4) is 12.1 Å². The summed E-state index contributed by atoms with van der Waals surface area (Å²) in [6.45, 7) is 2.66. The van der Waals surface area contributed by atoms with Crippen LogP contribution in [0.4, 0.5) is 0 Å². The van der Waals surface area contributed by atoms with E-state index in [-0.39, 0.29) is 37.9 Å². The quantitative estimate of drug-likeness (QED) is 0.531. The van der Waals surface area contributed by atoms with Crippen molar-refractivity contribution in [2.75, 3.05) is 33.0 Å². The Morgan fingerprint density at radius 1 is 1.04 bits per heavy atom. The molecule has 128 valence electrons. The van der Waals surface area contributed by atoms with Crippen molar-refractivity contribution >= 4 is 0 Å². The summed E-state index contributed by atoms with van der Waals surface area (Å²) in [6.07, 6.45) is 2.68. The van der Waals surface area contributed by atoms with E-state index in [1.165, 1.54) is 0 Å². The zero-order valence-corrected chi connectivity index (χ0v) is 13.3. The van der Waals surface area contributed by atoms with Crippen LogP contribution in [-0.2, 0) is 23.7 Å². The smallest absolute Gasteiger partial charge is 0.158 e. The summed E-state index contributed by atoms with van der Waals surface area (Å²) in [5.74, 6) is 0. The molecule has 0 aromatic carbocycles. The zero-order valence-electron chi connectivity index (χ0n) is 13.3. The van der Waals surface area contributed by atoms with Crippen molar-refractivity contribution in [1.82, 2.24) is 0 Å². The first-order valence-corrected chi connectivity index (χ1v) is 8.13. The number of nitrogens with zero attached hydrogens (tertiary/aromatic N) is 2. The van der Waals surface area contributed by atoms with Gasteiger partial charge in [-0.05, 0) is 19.3 Å². The van der Waals surface area contributed by atoms with E-state index in [9.17, 15) is 0 Å². The number of rotatable bonds is 11. The first kappa shape index (κ1) is 18.1. The summed E-state index contributed by atoms with van der Waals surface area (Å²) >= 11 is 0. The van der Waals surface area contributed by atoms with Gasteiger partial charge in [-0.25, -0.2) is 0 Å². The molecule has 0 aromatic rings. The van der Waals surface area contributed by atoms with E-state index in [4.69, 9.17) is 34.2 Å². The van der Waals surface area contributed by atoms with Crippen molar-refractivity contribution in [1.29, 1.82) is 10.5 Å². The van der Waals surface area contributed by atoms with E-state index in [2.05, 4.69) is 0 Å². The van der Waals surface area contributed by atoms with Gasteiger partial charge in [0.15, 0.2) is 6.29 Å². The zero-order chi connectivity index (χ0) is 16.3. The topological polar surface area (TPSA) is 97.0 Å². The van der Waals surface area contributed by atoms with Gasteiger partial charge in [0.05, 0.1) is 57.5 Å². The third-order valence-corrected chi connectivity index (χ3v) is 3.65. The van der Waals surface area contributed by atoms with Crippen LogP contribution in [0.15, 0.2) is 0 Å². The van der Waals surface area contributed by atoms with Gasteiger partial charge in [0.1, 0.15) is 12.2 Å². The standard InChI is InChI=1S/C16H24N2O5/c17-6-4-13(5-7-18)21-12-15(10-19-9-14-11-22-14)23-16-3-1-2-8-20-16/h13-16H,1-5,8-12H2. The van der Waals surface area contributed by atoms with E-state index < -0.39 is 6.10 Å². The molecule has 0 N–H and O–H groups in total. The fourth-order valence-electron chi connectivity index (χ4n) is 2.29. The maximum absolute atomic E-state index is 8.77. The molecule has 23 heavy (non-hydrogen) atoms. The predicted molar refractivity (Wildman–Crippen MR) is 79.2 cm³/mol. The summed E-state index contributed by atoms with van der Waals surface area (Å²) in [5, 5.41) is 17.5. The fourth-order valence-corrected chi connectivity index (χ4v) is 2.29. The lowest BCUT2D eigenvalue weighted by molar-refractivity contribution is -0.210. The molecule has 0 aliphatic carbocycles. The molecule has 0 saturated carbocycles. The van der Waals surface area contributed by atoms with Crippen molar-refractivity contribution < 1.29 is 23.7 Å². The van der Waals surface area contributed by atoms with Gasteiger partial charge in [-0.2, -0.15) is 10.5 Å². The second-order valence-electron chi connectivity index (χ2n) is 5.73. The van der Waals surface area contributed by atoms with E-state index in [1.54, 1.807) is 0 Å². The van der Waals surface area contributed by atoms with Crippen LogP contribution in [0.5, 0.6) is 0 Å². The molecule has 2 heterocycles. The summed E-state index contributed by atoms with van der Waals surface area (Å²) < 4.78 is 27.9. The van der Waals surface area contributed by atoms with Gasteiger partial charge >= 0.3 is 0 Å². The first-order valence-electron chi connectivity index (χ1n) is 8.13. The minimum atomic E-state index is -0.393. The van der Waals surface area contributed by atoms with Gasteiger partial charge < -0.3 is 23.7 Å². The lowest BCUT2D eigenvalue weighted by atomic mass is 10.2.